The SMILES string of the molecule is COc1cc(CCO)cc(C(F)(F)F)c1OC. The van der Waals surface area contributed by atoms with E-state index >= 15 is 0 Å². The van der Waals surface area contributed by atoms with Crippen LogP contribution >= 0.6 is 0 Å². The van der Waals surface area contributed by atoms with Gasteiger partial charge in [0.15, 0.2) is 11.5 Å². The molecule has 0 aliphatic carbocycles. The van der Waals surface area contributed by atoms with Crippen LogP contribution in [-0.2, 0) is 12.6 Å². The molecule has 1 aromatic carbocycles. The Morgan fingerprint density at radius 2 is 1.82 bits per heavy atom. The Balaban J connectivity index is 3.37. The second-order valence-corrected chi connectivity index (χ2v) is 3.35. The Morgan fingerprint density at radius 1 is 1.18 bits per heavy atom. The molecular weight excluding hydrogens is 237 g/mol. The van der Waals surface area contributed by atoms with Crippen LogP contribution in [0.3, 0.4) is 0 Å². The highest BCUT2D eigenvalue weighted by Crippen LogP contribution is 2.42. The molecule has 96 valence electrons. The third-order valence-electron chi connectivity index (χ3n) is 2.24. The van der Waals surface area contributed by atoms with Gasteiger partial charge in [0, 0.05) is 6.61 Å². The Bertz CT molecular complexity index is 388. The topological polar surface area (TPSA) is 38.7 Å². The zero-order valence-electron chi connectivity index (χ0n) is 9.47. The smallest absolute Gasteiger partial charge is 0.420 e. The Labute approximate surface area is 96.8 Å². The molecule has 3 nitrogen and oxygen atoms in total. The Morgan fingerprint density at radius 3 is 2.24 bits per heavy atom. The summed E-state index contributed by atoms with van der Waals surface area (Å²) in [6.07, 6.45) is -4.40. The van der Waals surface area contributed by atoms with E-state index in [0.29, 0.717) is 5.56 Å². The van der Waals surface area contributed by atoms with Crippen molar-refractivity contribution in [3.05, 3.63) is 23.3 Å². The van der Waals surface area contributed by atoms with Gasteiger partial charge in [-0.3, -0.25) is 0 Å². The van der Waals surface area contributed by atoms with Crippen molar-refractivity contribution < 1.29 is 27.8 Å². The van der Waals surface area contributed by atoms with Gasteiger partial charge in [0.2, 0.25) is 0 Å². The maximum absolute atomic E-state index is 12.8. The van der Waals surface area contributed by atoms with E-state index in [9.17, 15) is 13.2 Å². The molecule has 0 bridgehead atoms. The molecule has 0 atom stereocenters. The summed E-state index contributed by atoms with van der Waals surface area (Å²) in [7, 11) is 2.42. The van der Waals surface area contributed by atoms with Crippen molar-refractivity contribution in [2.45, 2.75) is 12.6 Å². The number of aliphatic hydroxyl groups excluding tert-OH is 1. The molecule has 0 saturated heterocycles. The van der Waals surface area contributed by atoms with Crippen LogP contribution < -0.4 is 9.47 Å². The van der Waals surface area contributed by atoms with E-state index in [1.54, 1.807) is 0 Å². The molecule has 0 unspecified atom stereocenters. The number of halogens is 3. The first kappa shape index (κ1) is 13.6. The van der Waals surface area contributed by atoms with E-state index in [2.05, 4.69) is 0 Å². The minimum Gasteiger partial charge on any atom is -0.493 e. The van der Waals surface area contributed by atoms with Gasteiger partial charge in [0.05, 0.1) is 14.2 Å². The molecule has 0 aliphatic rings. The summed E-state index contributed by atoms with van der Waals surface area (Å²) >= 11 is 0. The van der Waals surface area contributed by atoms with Gasteiger partial charge >= 0.3 is 6.18 Å². The normalized spacial score (nSPS) is 11.4. The van der Waals surface area contributed by atoms with Crippen LogP contribution in [0.1, 0.15) is 11.1 Å². The van der Waals surface area contributed by atoms with Crippen molar-refractivity contribution in [2.75, 3.05) is 20.8 Å². The molecule has 0 aliphatic heterocycles. The second kappa shape index (κ2) is 5.27. The summed E-state index contributed by atoms with van der Waals surface area (Å²) in [6.45, 7) is -0.229. The number of hydrogen-bond donors (Lipinski definition) is 1. The number of alkyl halides is 3. The van der Waals surface area contributed by atoms with E-state index < -0.39 is 11.7 Å². The number of ether oxygens (including phenoxy) is 2. The number of aliphatic hydroxyl groups is 1. The van der Waals surface area contributed by atoms with E-state index in [4.69, 9.17) is 14.6 Å². The monoisotopic (exact) mass is 250 g/mol. The van der Waals surface area contributed by atoms with E-state index in [0.717, 1.165) is 13.2 Å². The Hall–Kier alpha value is -1.43. The summed E-state index contributed by atoms with van der Waals surface area (Å²) in [5.74, 6) is -0.340. The van der Waals surface area contributed by atoms with Gasteiger partial charge in [0.25, 0.3) is 0 Å². The largest absolute Gasteiger partial charge is 0.493 e. The summed E-state index contributed by atoms with van der Waals surface area (Å²) < 4.78 is 47.9. The van der Waals surface area contributed by atoms with Crippen LogP contribution in [0.5, 0.6) is 11.5 Å². The van der Waals surface area contributed by atoms with Crippen molar-refractivity contribution in [1.82, 2.24) is 0 Å². The van der Waals surface area contributed by atoms with E-state index in [1.807, 2.05) is 0 Å². The number of hydrogen-bond acceptors (Lipinski definition) is 3. The van der Waals surface area contributed by atoms with Gasteiger partial charge in [-0.1, -0.05) is 0 Å². The predicted octanol–water partition coefficient (Wildman–Crippen LogP) is 2.26. The summed E-state index contributed by atoms with van der Waals surface area (Å²) in [5.41, 5.74) is -0.555. The fourth-order valence-electron chi connectivity index (χ4n) is 1.51. The maximum atomic E-state index is 12.8. The predicted molar refractivity (Wildman–Crippen MR) is 55.3 cm³/mol. The van der Waals surface area contributed by atoms with Crippen LogP contribution in [0.4, 0.5) is 13.2 Å². The molecule has 0 fully saturated rings. The fourth-order valence-corrected chi connectivity index (χ4v) is 1.51. The lowest BCUT2D eigenvalue weighted by Crippen LogP contribution is -2.10. The minimum atomic E-state index is -4.52. The van der Waals surface area contributed by atoms with Crippen LogP contribution in [0, 0.1) is 0 Å². The average molecular weight is 250 g/mol. The molecule has 0 heterocycles. The van der Waals surface area contributed by atoms with Gasteiger partial charge < -0.3 is 14.6 Å². The maximum Gasteiger partial charge on any atom is 0.420 e. The number of methoxy groups -OCH3 is 2. The van der Waals surface area contributed by atoms with Crippen LogP contribution in [-0.4, -0.2) is 25.9 Å². The van der Waals surface area contributed by atoms with E-state index in [1.165, 1.54) is 13.2 Å². The van der Waals surface area contributed by atoms with Gasteiger partial charge in [0.1, 0.15) is 5.56 Å². The molecule has 6 heteroatoms. The molecular formula is C11H13F3O3. The minimum absolute atomic E-state index is 0.00535. The van der Waals surface area contributed by atoms with Crippen molar-refractivity contribution >= 4 is 0 Å². The molecule has 1 aromatic rings. The number of benzene rings is 1. The molecule has 0 spiro atoms. The summed E-state index contributed by atoms with van der Waals surface area (Å²) in [6, 6.07) is 2.38. The van der Waals surface area contributed by atoms with Gasteiger partial charge in [-0.15, -0.1) is 0 Å². The van der Waals surface area contributed by atoms with Crippen LogP contribution in [0.2, 0.25) is 0 Å². The standard InChI is InChI=1S/C11H13F3O3/c1-16-9-6-7(3-4-15)5-8(10(9)17-2)11(12,13)14/h5-6,15H,3-4H2,1-2H3. The van der Waals surface area contributed by atoms with Crippen molar-refractivity contribution in [1.29, 1.82) is 0 Å². The van der Waals surface area contributed by atoms with Crippen molar-refractivity contribution in [3.63, 3.8) is 0 Å². The lowest BCUT2D eigenvalue weighted by Gasteiger charge is -2.16. The highest BCUT2D eigenvalue weighted by molar-refractivity contribution is 5.50. The van der Waals surface area contributed by atoms with Gasteiger partial charge in [-0.25, -0.2) is 0 Å². The van der Waals surface area contributed by atoms with Crippen molar-refractivity contribution in [3.8, 4) is 11.5 Å². The summed E-state index contributed by atoms with van der Waals surface area (Å²) in [5, 5.41) is 8.75. The van der Waals surface area contributed by atoms with Crippen LogP contribution in [0.15, 0.2) is 12.1 Å². The zero-order valence-corrected chi connectivity index (χ0v) is 9.47. The average Bonchev–Trinajstić information content (AvgIpc) is 2.27. The van der Waals surface area contributed by atoms with Crippen molar-refractivity contribution in [2.24, 2.45) is 0 Å². The van der Waals surface area contributed by atoms with E-state index in [-0.39, 0.29) is 24.5 Å². The first-order chi connectivity index (χ1) is 7.93. The van der Waals surface area contributed by atoms with Gasteiger partial charge in [-0.2, -0.15) is 13.2 Å². The van der Waals surface area contributed by atoms with Gasteiger partial charge in [-0.05, 0) is 24.1 Å². The first-order valence-corrected chi connectivity index (χ1v) is 4.87. The molecule has 17 heavy (non-hydrogen) atoms. The third-order valence-corrected chi connectivity index (χ3v) is 2.24. The second-order valence-electron chi connectivity index (χ2n) is 3.35. The highest BCUT2D eigenvalue weighted by Gasteiger charge is 2.36. The molecule has 0 radical (unpaired) electrons. The molecule has 0 aromatic heterocycles. The molecule has 0 saturated carbocycles. The molecule has 1 N–H and O–H groups in total. The quantitative estimate of drug-likeness (QED) is 0.890. The Kier molecular flexibility index (Phi) is 4.22. The lowest BCUT2D eigenvalue weighted by atomic mass is 10.1. The molecule has 1 rings (SSSR count). The zero-order chi connectivity index (χ0) is 13.1. The lowest BCUT2D eigenvalue weighted by molar-refractivity contribution is -0.138. The highest BCUT2D eigenvalue weighted by atomic mass is 19.4. The summed E-state index contributed by atoms with van der Waals surface area (Å²) in [4.78, 5) is 0. The van der Waals surface area contributed by atoms with Crippen LogP contribution in [0.25, 0.3) is 0 Å². The third kappa shape index (κ3) is 3.03. The fraction of sp³-hybridized carbons (Fsp3) is 0.455. The number of rotatable bonds is 4. The first-order valence-electron chi connectivity index (χ1n) is 4.87. The molecule has 0 amide bonds.